The molecule has 16 aromatic carbocycles. The third-order valence-electron chi connectivity index (χ3n) is 23.7. The summed E-state index contributed by atoms with van der Waals surface area (Å²) in [5.74, 6) is 2.31. The van der Waals surface area contributed by atoms with Gasteiger partial charge in [-0.15, -0.1) is 0 Å². The van der Waals surface area contributed by atoms with Gasteiger partial charge in [-0.1, -0.05) is 261 Å². The first-order valence-corrected chi connectivity index (χ1v) is 39.9. The molecule has 17 aromatic rings. The van der Waals surface area contributed by atoms with Gasteiger partial charge >= 0.3 is 0 Å². The van der Waals surface area contributed by atoms with Gasteiger partial charge < -0.3 is 23.7 Å². The number of ether oxygens (including phenoxy) is 2. The van der Waals surface area contributed by atoms with Crippen LogP contribution < -0.4 is 19.3 Å². The van der Waals surface area contributed by atoms with E-state index in [2.05, 4.69) is 331 Å². The largest absolute Gasteiger partial charge is 0.457 e. The molecule has 0 saturated carbocycles. The SMILES string of the molecule is C=Cc1ccc(Oc2ccc(C3(c4ccc(C(C)(C)C)cc4)c4ccccc4-c4ccc(-c5cccc(N(c6ccc(F)cc6)c6ccc7c(c6)oc6cc(N(c8ccc(F)cc8)c8cccc(-c9ccc%10c(c9)C(c9ccc(Oc%11ccc(C=C)cc%11)cc9)(c9ccc(C(C)(C)C)cc9)c9ccccc9-%10)c8)ccc67)c5)cc43)cc2)cc1. The normalized spacial score (nSPS) is 14.6. The molecule has 0 N–H and O–H groups in total. The molecule has 5 nitrogen and oxygen atoms in total. The van der Waals surface area contributed by atoms with Crippen LogP contribution >= 0.6 is 0 Å². The molecule has 0 saturated heterocycles. The maximum absolute atomic E-state index is 15.2. The van der Waals surface area contributed by atoms with Crippen molar-refractivity contribution < 1.29 is 22.7 Å². The van der Waals surface area contributed by atoms with Gasteiger partial charge in [0.15, 0.2) is 0 Å². The Morgan fingerprint density at radius 3 is 0.966 bits per heavy atom. The molecule has 0 spiro atoms. The van der Waals surface area contributed by atoms with E-state index in [1.165, 1.54) is 79.9 Å². The van der Waals surface area contributed by atoms with E-state index >= 15 is 8.78 Å². The summed E-state index contributed by atoms with van der Waals surface area (Å²) in [6, 6.07) is 126. The number of benzene rings is 16. The van der Waals surface area contributed by atoms with Gasteiger partial charge in [0.2, 0.25) is 0 Å². The highest BCUT2D eigenvalue weighted by molar-refractivity contribution is 6.08. The van der Waals surface area contributed by atoms with Crippen LogP contribution in [-0.4, -0.2) is 0 Å². The van der Waals surface area contributed by atoms with E-state index in [1.807, 2.05) is 84.9 Å². The molecular weight excluding hydrogens is 1440 g/mol. The first-order chi connectivity index (χ1) is 56.9. The van der Waals surface area contributed by atoms with Crippen molar-refractivity contribution in [2.24, 2.45) is 0 Å². The van der Waals surface area contributed by atoms with Gasteiger partial charge in [-0.2, -0.15) is 0 Å². The summed E-state index contributed by atoms with van der Waals surface area (Å²) in [5, 5.41) is 1.86. The zero-order valence-corrected chi connectivity index (χ0v) is 66.1. The van der Waals surface area contributed by atoms with Crippen LogP contribution in [0.5, 0.6) is 23.0 Å². The van der Waals surface area contributed by atoms with E-state index in [0.29, 0.717) is 11.2 Å². The zero-order valence-electron chi connectivity index (χ0n) is 66.1. The van der Waals surface area contributed by atoms with Crippen LogP contribution in [-0.2, 0) is 21.7 Å². The molecule has 0 fully saturated rings. The average molecular weight is 1520 g/mol. The number of halogens is 2. The molecule has 117 heavy (non-hydrogen) atoms. The summed E-state index contributed by atoms with van der Waals surface area (Å²) in [5.41, 5.74) is 27.4. The molecule has 0 bridgehead atoms. The highest BCUT2D eigenvalue weighted by atomic mass is 19.1. The van der Waals surface area contributed by atoms with Gasteiger partial charge in [0.25, 0.3) is 0 Å². The number of rotatable bonds is 18. The Hall–Kier alpha value is -14.1. The Morgan fingerprint density at radius 2 is 0.607 bits per heavy atom. The summed E-state index contributed by atoms with van der Waals surface area (Å²) < 4.78 is 50.3. The fourth-order valence-electron chi connectivity index (χ4n) is 17.9. The van der Waals surface area contributed by atoms with E-state index in [9.17, 15) is 0 Å². The third kappa shape index (κ3) is 13.0. The van der Waals surface area contributed by atoms with E-state index in [4.69, 9.17) is 13.9 Å². The summed E-state index contributed by atoms with van der Waals surface area (Å²) in [7, 11) is 0. The molecule has 7 heteroatoms. The molecular formula is C110H84F2N2O3. The van der Waals surface area contributed by atoms with Crippen molar-refractivity contribution in [1.29, 1.82) is 0 Å². The topological polar surface area (TPSA) is 38.1 Å². The van der Waals surface area contributed by atoms with Gasteiger partial charge in [0.05, 0.1) is 10.8 Å². The third-order valence-corrected chi connectivity index (χ3v) is 23.7. The quantitative estimate of drug-likeness (QED) is 0.0856. The molecule has 0 amide bonds. The second-order valence-electron chi connectivity index (χ2n) is 32.8. The number of furan rings is 1. The number of nitrogens with zero attached hydrogens (tertiary/aromatic N) is 2. The van der Waals surface area contributed by atoms with Crippen LogP contribution in [0.2, 0.25) is 0 Å². The van der Waals surface area contributed by atoms with Crippen LogP contribution in [0.25, 0.3) is 78.6 Å². The van der Waals surface area contributed by atoms with Crippen LogP contribution in [0.1, 0.15) is 108 Å². The highest BCUT2D eigenvalue weighted by Gasteiger charge is 2.48. The molecule has 2 unspecified atom stereocenters. The maximum atomic E-state index is 15.2. The molecule has 0 aliphatic heterocycles. The summed E-state index contributed by atoms with van der Waals surface area (Å²) in [6.07, 6.45) is 3.66. The van der Waals surface area contributed by atoms with Crippen molar-refractivity contribution in [3.63, 3.8) is 0 Å². The van der Waals surface area contributed by atoms with E-state index in [-0.39, 0.29) is 22.5 Å². The van der Waals surface area contributed by atoms with Crippen molar-refractivity contribution >= 4 is 68.2 Å². The average Bonchev–Trinajstić information content (AvgIpc) is 1.55. The summed E-state index contributed by atoms with van der Waals surface area (Å²) in [4.78, 5) is 4.32. The number of anilines is 6. The van der Waals surface area contributed by atoms with Gasteiger partial charge in [-0.25, -0.2) is 8.78 Å². The van der Waals surface area contributed by atoms with Crippen LogP contribution in [0.15, 0.2) is 382 Å². The molecule has 1 aromatic heterocycles. The van der Waals surface area contributed by atoms with E-state index in [0.717, 1.165) is 124 Å². The molecule has 2 aliphatic rings. The van der Waals surface area contributed by atoms with Crippen LogP contribution in [0.3, 0.4) is 0 Å². The Balaban J connectivity index is 0.683. The lowest BCUT2D eigenvalue weighted by atomic mass is 9.67. The standard InChI is InChI=1S/C110H84F2N2O3/c1-9-71-25-53-91(54-26-71)115-93-57-39-81(40-58-93)109(79-35-31-77(32-36-79)107(3,4)5)101-23-13-11-21-95(101)97-61-29-75(67-103(97)109)73-17-15-19-87(65-73)113(85-47-43-83(111)44-48-85)89-51-63-99-100-64-52-90(70-106(100)117-105(99)69-89)114(86-49-45-84(112)46-50-86)88-20-16-18-74(66-88)76-30-62-98-96-22-12-14-24-102(96)110(104(98)68-76,80-37-33-78(34-38-80)108(6,7)8)82-41-59-94(60-42-82)116-92-55-27-72(10-2)28-56-92/h9-70H,1-2H2,3-8H3. The monoisotopic (exact) mass is 1520 g/mol. The lowest BCUT2D eigenvalue weighted by Crippen LogP contribution is -2.29. The molecule has 19 rings (SSSR count). The lowest BCUT2D eigenvalue weighted by molar-refractivity contribution is 0.482. The van der Waals surface area contributed by atoms with Crippen LogP contribution in [0.4, 0.5) is 42.9 Å². The van der Waals surface area contributed by atoms with Gasteiger partial charge in [-0.05, 0) is 280 Å². The predicted octanol–water partition coefficient (Wildman–Crippen LogP) is 30.3. The first-order valence-electron chi connectivity index (χ1n) is 39.9. The van der Waals surface area contributed by atoms with Crippen LogP contribution in [0, 0.1) is 11.6 Å². The number of hydrogen-bond acceptors (Lipinski definition) is 5. The van der Waals surface area contributed by atoms with E-state index < -0.39 is 10.8 Å². The summed E-state index contributed by atoms with van der Waals surface area (Å²) in [6.45, 7) is 21.4. The van der Waals surface area contributed by atoms with E-state index in [1.54, 1.807) is 0 Å². The lowest BCUT2D eigenvalue weighted by Gasteiger charge is -2.35. The van der Waals surface area contributed by atoms with Gasteiger partial charge in [-0.3, -0.25) is 0 Å². The number of fused-ring (bicyclic) bond motifs is 9. The summed E-state index contributed by atoms with van der Waals surface area (Å²) >= 11 is 0. The second-order valence-corrected chi connectivity index (χ2v) is 32.8. The Labute approximate surface area is 682 Å². The van der Waals surface area contributed by atoms with Gasteiger partial charge in [0, 0.05) is 57.0 Å². The molecule has 566 valence electrons. The minimum absolute atomic E-state index is 0.0531. The zero-order chi connectivity index (χ0) is 79.9. The fraction of sp³-hybridized carbons (Fsp3) is 0.0909. The molecule has 2 aliphatic carbocycles. The number of hydrogen-bond donors (Lipinski definition) is 0. The predicted molar refractivity (Wildman–Crippen MR) is 479 cm³/mol. The molecule has 0 radical (unpaired) electrons. The second kappa shape index (κ2) is 29.1. The highest BCUT2D eigenvalue weighted by Crippen LogP contribution is 2.60. The fourth-order valence-corrected chi connectivity index (χ4v) is 17.9. The van der Waals surface area contributed by atoms with Crippen molar-refractivity contribution in [3.05, 3.63) is 456 Å². The van der Waals surface area contributed by atoms with Crippen molar-refractivity contribution in [1.82, 2.24) is 0 Å². The smallest absolute Gasteiger partial charge is 0.137 e. The Bertz CT molecular complexity index is 6270. The molecule has 2 atom stereocenters. The van der Waals surface area contributed by atoms with Crippen molar-refractivity contribution in [2.45, 2.75) is 63.2 Å². The Kier molecular flexibility index (Phi) is 18.1. The van der Waals surface area contributed by atoms with Crippen molar-refractivity contribution in [3.8, 4) is 67.5 Å². The minimum Gasteiger partial charge on any atom is -0.457 e. The Morgan fingerprint density at radius 1 is 0.291 bits per heavy atom. The van der Waals surface area contributed by atoms with Gasteiger partial charge in [0.1, 0.15) is 45.8 Å². The first kappa shape index (κ1) is 73.1. The maximum Gasteiger partial charge on any atom is 0.137 e. The molecule has 1 heterocycles. The van der Waals surface area contributed by atoms with Crippen molar-refractivity contribution in [2.75, 3.05) is 9.80 Å². The minimum atomic E-state index is -0.713.